The lowest BCUT2D eigenvalue weighted by molar-refractivity contribution is -0.136. The molecule has 0 radical (unpaired) electrons. The number of amides is 2. The minimum Gasteiger partial charge on any atom is -0.342 e. The molecule has 2 aliphatic heterocycles. The van der Waals surface area contributed by atoms with Crippen molar-refractivity contribution in [3.05, 3.63) is 29.3 Å². The Labute approximate surface area is 154 Å². The quantitative estimate of drug-likeness (QED) is 0.894. The fourth-order valence-electron chi connectivity index (χ4n) is 3.71. The summed E-state index contributed by atoms with van der Waals surface area (Å²) in [7, 11) is 0. The molecule has 25 heavy (non-hydrogen) atoms. The molecule has 0 bridgehead atoms. The highest BCUT2D eigenvalue weighted by molar-refractivity contribution is 6.30. The lowest BCUT2D eigenvalue weighted by Crippen LogP contribution is -2.48. The molecule has 1 aromatic carbocycles. The van der Waals surface area contributed by atoms with Crippen LogP contribution in [0.2, 0.25) is 5.02 Å². The van der Waals surface area contributed by atoms with Gasteiger partial charge in [0.1, 0.15) is 0 Å². The fourth-order valence-corrected chi connectivity index (χ4v) is 3.90. The Kier molecular flexibility index (Phi) is 5.97. The van der Waals surface area contributed by atoms with Crippen LogP contribution in [0.1, 0.15) is 32.6 Å². The van der Waals surface area contributed by atoms with E-state index in [0.717, 1.165) is 51.9 Å². The van der Waals surface area contributed by atoms with Crippen molar-refractivity contribution >= 4 is 29.1 Å². The number of piperidine rings is 1. The van der Waals surface area contributed by atoms with Crippen molar-refractivity contribution < 1.29 is 9.59 Å². The molecule has 1 aromatic rings. The van der Waals surface area contributed by atoms with Crippen molar-refractivity contribution in [2.75, 3.05) is 31.5 Å². The summed E-state index contributed by atoms with van der Waals surface area (Å²) in [5.41, 5.74) is 0.712. The normalized spacial score (nSPS) is 20.5. The van der Waals surface area contributed by atoms with Gasteiger partial charge in [0.15, 0.2) is 0 Å². The fraction of sp³-hybridized carbons (Fsp3) is 0.579. The van der Waals surface area contributed by atoms with Gasteiger partial charge in [0, 0.05) is 29.7 Å². The van der Waals surface area contributed by atoms with E-state index in [0.29, 0.717) is 16.6 Å². The van der Waals surface area contributed by atoms with Crippen molar-refractivity contribution in [2.45, 2.75) is 38.6 Å². The van der Waals surface area contributed by atoms with Crippen LogP contribution >= 0.6 is 11.6 Å². The first kappa shape index (κ1) is 18.2. The second-order valence-corrected chi connectivity index (χ2v) is 7.45. The Morgan fingerprint density at radius 2 is 1.84 bits per heavy atom. The molecule has 0 saturated carbocycles. The number of benzene rings is 1. The summed E-state index contributed by atoms with van der Waals surface area (Å²) >= 11 is 5.96. The summed E-state index contributed by atoms with van der Waals surface area (Å²) in [5, 5.41) is 3.52. The second kappa shape index (κ2) is 8.19. The largest absolute Gasteiger partial charge is 0.342 e. The van der Waals surface area contributed by atoms with E-state index in [9.17, 15) is 9.59 Å². The molecule has 3 rings (SSSR count). The Morgan fingerprint density at radius 3 is 2.48 bits per heavy atom. The molecule has 136 valence electrons. The molecule has 0 spiro atoms. The first-order chi connectivity index (χ1) is 12.0. The van der Waals surface area contributed by atoms with Crippen LogP contribution in [-0.2, 0) is 9.59 Å². The molecule has 2 saturated heterocycles. The number of hydrogen-bond acceptors (Lipinski definition) is 3. The Balaban J connectivity index is 1.49. The molecular weight excluding hydrogens is 338 g/mol. The monoisotopic (exact) mass is 363 g/mol. The van der Waals surface area contributed by atoms with Crippen molar-refractivity contribution in [2.24, 2.45) is 5.92 Å². The van der Waals surface area contributed by atoms with E-state index in [1.165, 1.54) is 0 Å². The van der Waals surface area contributed by atoms with Gasteiger partial charge in [0.25, 0.3) is 0 Å². The average Bonchev–Trinajstić information content (AvgIpc) is 3.15. The molecule has 1 atom stereocenters. The lowest BCUT2D eigenvalue weighted by Gasteiger charge is -2.36. The maximum absolute atomic E-state index is 12.5. The minimum atomic E-state index is -0.221. The highest BCUT2D eigenvalue weighted by Gasteiger charge is 2.32. The molecule has 5 nitrogen and oxygen atoms in total. The van der Waals surface area contributed by atoms with Crippen LogP contribution in [0, 0.1) is 5.92 Å². The Hall–Kier alpha value is -1.59. The summed E-state index contributed by atoms with van der Waals surface area (Å²) in [6, 6.07) is 6.95. The van der Waals surface area contributed by atoms with Gasteiger partial charge in [0.05, 0.1) is 6.04 Å². The standard InChI is InChI=1S/C19H26ClN3O2/c1-14(18(24)21-17-6-4-5-16(20)13-17)22-11-7-15(8-12-22)19(25)23-9-2-3-10-23/h4-6,13-15H,2-3,7-12H2,1H3,(H,21,24)/t14-/m1/s1. The minimum absolute atomic E-state index is 0.0356. The van der Waals surface area contributed by atoms with Crippen LogP contribution in [0.4, 0.5) is 5.69 Å². The molecule has 2 fully saturated rings. The van der Waals surface area contributed by atoms with Crippen LogP contribution in [0.25, 0.3) is 0 Å². The summed E-state index contributed by atoms with van der Waals surface area (Å²) in [6.45, 7) is 5.32. The zero-order valence-electron chi connectivity index (χ0n) is 14.7. The Bertz CT molecular complexity index is 623. The molecule has 2 aliphatic rings. The van der Waals surface area contributed by atoms with Crippen molar-refractivity contribution in [3.8, 4) is 0 Å². The molecule has 0 aromatic heterocycles. The maximum Gasteiger partial charge on any atom is 0.241 e. The third-order valence-electron chi connectivity index (χ3n) is 5.32. The molecule has 1 N–H and O–H groups in total. The highest BCUT2D eigenvalue weighted by Crippen LogP contribution is 2.24. The van der Waals surface area contributed by atoms with E-state index in [4.69, 9.17) is 11.6 Å². The van der Waals surface area contributed by atoms with E-state index in [-0.39, 0.29) is 17.9 Å². The third kappa shape index (κ3) is 4.53. The molecule has 2 amide bonds. The number of nitrogens with zero attached hydrogens (tertiary/aromatic N) is 2. The van der Waals surface area contributed by atoms with Gasteiger partial charge in [-0.25, -0.2) is 0 Å². The summed E-state index contributed by atoms with van der Waals surface area (Å²) in [5.74, 6) is 0.400. The number of carbonyl (C=O) groups is 2. The predicted octanol–water partition coefficient (Wildman–Crippen LogP) is 3.00. The van der Waals surface area contributed by atoms with Crippen LogP contribution in [0.15, 0.2) is 24.3 Å². The number of halogens is 1. The van der Waals surface area contributed by atoms with Crippen LogP contribution < -0.4 is 5.32 Å². The van der Waals surface area contributed by atoms with E-state index in [1.807, 2.05) is 24.0 Å². The molecule has 0 unspecified atom stereocenters. The second-order valence-electron chi connectivity index (χ2n) is 7.02. The van der Waals surface area contributed by atoms with Crippen molar-refractivity contribution in [3.63, 3.8) is 0 Å². The first-order valence-corrected chi connectivity index (χ1v) is 9.51. The number of carbonyl (C=O) groups excluding carboxylic acids is 2. The van der Waals surface area contributed by atoms with Gasteiger partial charge in [-0.1, -0.05) is 17.7 Å². The number of likely N-dealkylation sites (tertiary alicyclic amines) is 2. The number of anilines is 1. The third-order valence-corrected chi connectivity index (χ3v) is 5.55. The topological polar surface area (TPSA) is 52.7 Å². The van der Waals surface area contributed by atoms with Crippen molar-refractivity contribution in [1.29, 1.82) is 0 Å². The van der Waals surface area contributed by atoms with Gasteiger partial charge in [-0.3, -0.25) is 14.5 Å². The number of hydrogen-bond donors (Lipinski definition) is 1. The molecule has 2 heterocycles. The van der Waals surface area contributed by atoms with Crippen LogP contribution in [0.5, 0.6) is 0 Å². The SMILES string of the molecule is C[C@H](C(=O)Nc1cccc(Cl)c1)N1CCC(C(=O)N2CCCC2)CC1. The lowest BCUT2D eigenvalue weighted by atomic mass is 9.94. The smallest absolute Gasteiger partial charge is 0.241 e. The summed E-state index contributed by atoms with van der Waals surface area (Å²) in [4.78, 5) is 29.1. The summed E-state index contributed by atoms with van der Waals surface area (Å²) < 4.78 is 0. The molecule has 6 heteroatoms. The number of nitrogens with one attached hydrogen (secondary N) is 1. The van der Waals surface area contributed by atoms with Gasteiger partial charge in [-0.2, -0.15) is 0 Å². The summed E-state index contributed by atoms with van der Waals surface area (Å²) in [6.07, 6.45) is 3.94. The van der Waals surface area contributed by atoms with E-state index >= 15 is 0 Å². The molecular formula is C19H26ClN3O2. The maximum atomic E-state index is 12.5. The predicted molar refractivity (Wildman–Crippen MR) is 99.7 cm³/mol. The van der Waals surface area contributed by atoms with Gasteiger partial charge in [-0.15, -0.1) is 0 Å². The number of rotatable bonds is 4. The van der Waals surface area contributed by atoms with E-state index < -0.39 is 0 Å². The van der Waals surface area contributed by atoms with E-state index in [2.05, 4.69) is 10.2 Å². The van der Waals surface area contributed by atoms with Gasteiger partial charge in [-0.05, 0) is 63.9 Å². The molecule has 0 aliphatic carbocycles. The zero-order chi connectivity index (χ0) is 17.8. The first-order valence-electron chi connectivity index (χ1n) is 9.14. The van der Waals surface area contributed by atoms with Crippen molar-refractivity contribution in [1.82, 2.24) is 9.80 Å². The van der Waals surface area contributed by atoms with Crippen LogP contribution in [0.3, 0.4) is 0 Å². The van der Waals surface area contributed by atoms with Gasteiger partial charge in [0.2, 0.25) is 11.8 Å². The van der Waals surface area contributed by atoms with Crippen LogP contribution in [-0.4, -0.2) is 53.8 Å². The zero-order valence-corrected chi connectivity index (χ0v) is 15.5. The Morgan fingerprint density at radius 1 is 1.16 bits per heavy atom. The highest BCUT2D eigenvalue weighted by atomic mass is 35.5. The average molecular weight is 364 g/mol. The van der Waals surface area contributed by atoms with Gasteiger partial charge >= 0.3 is 0 Å². The van der Waals surface area contributed by atoms with Gasteiger partial charge < -0.3 is 10.2 Å². The van der Waals surface area contributed by atoms with E-state index in [1.54, 1.807) is 12.1 Å².